The molecule has 124 valence electrons. The monoisotopic (exact) mass is 323 g/mol. The summed E-state index contributed by atoms with van der Waals surface area (Å²) in [5.41, 5.74) is 0.510. The van der Waals surface area contributed by atoms with Gasteiger partial charge in [0.05, 0.1) is 6.07 Å². The Labute approximate surface area is 141 Å². The standard InChI is InChI=1S/C19H21N3O2/c1-13(2)11-17(19(24)21-10-9-20)22-18(23)16-8-7-14-5-3-4-6-15(14)12-16/h3-8,12-13,17H,10-11H2,1-2H3,(H,21,24)(H,22,23)/t17-/m0/s1. The molecule has 0 radical (unpaired) electrons. The fraction of sp³-hybridized carbons (Fsp3) is 0.316. The molecule has 1 atom stereocenters. The van der Waals surface area contributed by atoms with Crippen molar-refractivity contribution < 1.29 is 9.59 Å². The molecule has 0 fully saturated rings. The maximum absolute atomic E-state index is 12.5. The van der Waals surface area contributed by atoms with Crippen molar-refractivity contribution in [3.63, 3.8) is 0 Å². The summed E-state index contributed by atoms with van der Waals surface area (Å²) < 4.78 is 0. The smallest absolute Gasteiger partial charge is 0.251 e. The third kappa shape index (κ3) is 4.56. The van der Waals surface area contributed by atoms with Crippen molar-refractivity contribution in [2.24, 2.45) is 5.92 Å². The van der Waals surface area contributed by atoms with Crippen LogP contribution in [0.3, 0.4) is 0 Å². The number of hydrogen-bond acceptors (Lipinski definition) is 3. The lowest BCUT2D eigenvalue weighted by molar-refractivity contribution is -0.123. The Morgan fingerprint density at radius 3 is 2.50 bits per heavy atom. The minimum Gasteiger partial charge on any atom is -0.341 e. The van der Waals surface area contributed by atoms with Gasteiger partial charge in [0.1, 0.15) is 12.6 Å². The summed E-state index contributed by atoms with van der Waals surface area (Å²) in [7, 11) is 0. The van der Waals surface area contributed by atoms with E-state index in [-0.39, 0.29) is 24.3 Å². The number of hydrogen-bond donors (Lipinski definition) is 2. The van der Waals surface area contributed by atoms with Gasteiger partial charge in [-0.2, -0.15) is 5.26 Å². The van der Waals surface area contributed by atoms with Crippen LogP contribution in [0.4, 0.5) is 0 Å². The first-order chi connectivity index (χ1) is 11.5. The van der Waals surface area contributed by atoms with Gasteiger partial charge in [0.2, 0.25) is 5.91 Å². The number of nitriles is 1. The molecule has 0 spiro atoms. The Morgan fingerprint density at radius 1 is 1.12 bits per heavy atom. The van der Waals surface area contributed by atoms with E-state index in [0.717, 1.165) is 10.8 Å². The molecule has 5 heteroatoms. The number of carbonyl (C=O) groups excluding carboxylic acids is 2. The van der Waals surface area contributed by atoms with Crippen molar-refractivity contribution in [3.8, 4) is 6.07 Å². The summed E-state index contributed by atoms with van der Waals surface area (Å²) >= 11 is 0. The van der Waals surface area contributed by atoms with Crippen LogP contribution in [0.25, 0.3) is 10.8 Å². The first-order valence-electron chi connectivity index (χ1n) is 7.95. The van der Waals surface area contributed by atoms with Gasteiger partial charge in [0, 0.05) is 5.56 Å². The van der Waals surface area contributed by atoms with Crippen molar-refractivity contribution in [2.45, 2.75) is 26.3 Å². The number of rotatable bonds is 6. The van der Waals surface area contributed by atoms with Crippen molar-refractivity contribution >= 4 is 22.6 Å². The third-order valence-corrected chi connectivity index (χ3v) is 3.68. The molecule has 0 saturated heterocycles. The molecule has 5 nitrogen and oxygen atoms in total. The molecule has 24 heavy (non-hydrogen) atoms. The van der Waals surface area contributed by atoms with E-state index in [0.29, 0.717) is 12.0 Å². The van der Waals surface area contributed by atoms with Crippen LogP contribution in [0, 0.1) is 17.2 Å². The highest BCUT2D eigenvalue weighted by molar-refractivity contribution is 6.00. The molecular formula is C19H21N3O2. The second kappa shape index (κ2) is 8.11. The number of fused-ring (bicyclic) bond motifs is 1. The minimum absolute atomic E-state index is 0.0702. The van der Waals surface area contributed by atoms with Gasteiger partial charge in [-0.1, -0.05) is 44.2 Å². The van der Waals surface area contributed by atoms with Crippen LogP contribution in [0.5, 0.6) is 0 Å². The Bertz CT molecular complexity index is 778. The fourth-order valence-electron chi connectivity index (χ4n) is 2.52. The normalized spacial score (nSPS) is 11.8. The molecule has 0 aliphatic carbocycles. The summed E-state index contributed by atoms with van der Waals surface area (Å²) in [5, 5.41) is 15.9. The molecule has 0 unspecified atom stereocenters. The first-order valence-corrected chi connectivity index (χ1v) is 7.95. The van der Waals surface area contributed by atoms with Crippen LogP contribution in [0.1, 0.15) is 30.6 Å². The highest BCUT2D eigenvalue weighted by Gasteiger charge is 2.22. The van der Waals surface area contributed by atoms with Crippen molar-refractivity contribution in [1.29, 1.82) is 5.26 Å². The lowest BCUT2D eigenvalue weighted by Crippen LogP contribution is -2.47. The van der Waals surface area contributed by atoms with Gasteiger partial charge in [-0.15, -0.1) is 0 Å². The molecule has 2 rings (SSSR count). The topological polar surface area (TPSA) is 82.0 Å². The summed E-state index contributed by atoms with van der Waals surface area (Å²) in [6, 6.07) is 14.4. The lowest BCUT2D eigenvalue weighted by atomic mass is 10.0. The average molecular weight is 323 g/mol. The number of benzene rings is 2. The second-order valence-electron chi connectivity index (χ2n) is 6.09. The van der Waals surface area contributed by atoms with Gasteiger partial charge in [-0.25, -0.2) is 0 Å². The number of nitrogens with one attached hydrogen (secondary N) is 2. The molecule has 0 aromatic heterocycles. The predicted octanol–water partition coefficient (Wildman–Crippen LogP) is 2.62. The Kier molecular flexibility index (Phi) is 5.91. The highest BCUT2D eigenvalue weighted by atomic mass is 16.2. The molecule has 2 aromatic rings. The average Bonchev–Trinajstić information content (AvgIpc) is 2.58. The molecule has 2 N–H and O–H groups in total. The summed E-state index contributed by atoms with van der Waals surface area (Å²) in [4.78, 5) is 24.6. The van der Waals surface area contributed by atoms with Gasteiger partial charge in [0.25, 0.3) is 5.91 Å². The zero-order chi connectivity index (χ0) is 17.5. The Balaban J connectivity index is 2.15. The highest BCUT2D eigenvalue weighted by Crippen LogP contribution is 2.16. The van der Waals surface area contributed by atoms with Crippen molar-refractivity contribution in [3.05, 3.63) is 48.0 Å². The summed E-state index contributed by atoms with van der Waals surface area (Å²) in [6.07, 6.45) is 0.510. The Morgan fingerprint density at radius 2 is 1.83 bits per heavy atom. The van der Waals surface area contributed by atoms with Gasteiger partial charge >= 0.3 is 0 Å². The molecule has 0 heterocycles. The van der Waals surface area contributed by atoms with Crippen LogP contribution in [0.15, 0.2) is 42.5 Å². The van der Waals surface area contributed by atoms with E-state index in [2.05, 4.69) is 10.6 Å². The van der Waals surface area contributed by atoms with Crippen molar-refractivity contribution in [1.82, 2.24) is 10.6 Å². The predicted molar refractivity (Wildman–Crippen MR) is 93.3 cm³/mol. The maximum atomic E-state index is 12.5. The van der Waals surface area contributed by atoms with Crippen LogP contribution in [-0.4, -0.2) is 24.4 Å². The SMILES string of the molecule is CC(C)C[C@H](NC(=O)c1ccc2ccccc2c1)C(=O)NCC#N. The van der Waals surface area contributed by atoms with Crippen LogP contribution in [0.2, 0.25) is 0 Å². The molecule has 0 bridgehead atoms. The van der Waals surface area contributed by atoms with E-state index in [9.17, 15) is 9.59 Å². The minimum atomic E-state index is -0.655. The third-order valence-electron chi connectivity index (χ3n) is 3.68. The van der Waals surface area contributed by atoms with Gasteiger partial charge in [-0.3, -0.25) is 9.59 Å². The van der Waals surface area contributed by atoms with Gasteiger partial charge in [0.15, 0.2) is 0 Å². The largest absolute Gasteiger partial charge is 0.341 e. The molecular weight excluding hydrogens is 302 g/mol. The van der Waals surface area contributed by atoms with Crippen LogP contribution >= 0.6 is 0 Å². The van der Waals surface area contributed by atoms with Gasteiger partial charge < -0.3 is 10.6 Å². The summed E-state index contributed by atoms with van der Waals surface area (Å²) in [6.45, 7) is 3.89. The molecule has 2 amide bonds. The molecule has 0 aliphatic heterocycles. The molecule has 2 aromatic carbocycles. The van der Waals surface area contributed by atoms with E-state index >= 15 is 0 Å². The number of carbonyl (C=O) groups is 2. The van der Waals surface area contributed by atoms with Gasteiger partial charge in [-0.05, 0) is 35.2 Å². The first kappa shape index (κ1) is 17.5. The number of amides is 2. The fourth-order valence-corrected chi connectivity index (χ4v) is 2.52. The molecule has 0 aliphatic rings. The maximum Gasteiger partial charge on any atom is 0.251 e. The van der Waals surface area contributed by atoms with E-state index in [4.69, 9.17) is 5.26 Å². The quantitative estimate of drug-likeness (QED) is 0.802. The van der Waals surface area contributed by atoms with Crippen LogP contribution < -0.4 is 10.6 Å². The summed E-state index contributed by atoms with van der Waals surface area (Å²) in [5.74, 6) is -0.391. The van der Waals surface area contributed by atoms with E-state index in [1.807, 2.05) is 56.3 Å². The lowest BCUT2D eigenvalue weighted by Gasteiger charge is -2.19. The number of nitrogens with zero attached hydrogens (tertiary/aromatic N) is 1. The van der Waals surface area contributed by atoms with E-state index in [1.165, 1.54) is 0 Å². The van der Waals surface area contributed by atoms with E-state index < -0.39 is 6.04 Å². The zero-order valence-corrected chi connectivity index (χ0v) is 13.9. The molecule has 0 saturated carbocycles. The van der Waals surface area contributed by atoms with Crippen molar-refractivity contribution in [2.75, 3.05) is 6.54 Å². The van der Waals surface area contributed by atoms with Crippen LogP contribution in [-0.2, 0) is 4.79 Å². The van der Waals surface area contributed by atoms with E-state index in [1.54, 1.807) is 6.07 Å². The zero-order valence-electron chi connectivity index (χ0n) is 13.9. The second-order valence-corrected chi connectivity index (χ2v) is 6.09. The Hall–Kier alpha value is -2.87.